The lowest BCUT2D eigenvalue weighted by Gasteiger charge is -2.13. The molecule has 0 aliphatic carbocycles. The van der Waals surface area contributed by atoms with E-state index in [2.05, 4.69) is 15.9 Å². The van der Waals surface area contributed by atoms with Gasteiger partial charge in [0.1, 0.15) is 0 Å². The summed E-state index contributed by atoms with van der Waals surface area (Å²) in [6.45, 7) is 2.49. The van der Waals surface area contributed by atoms with Crippen LogP contribution < -0.4 is 5.73 Å². The van der Waals surface area contributed by atoms with E-state index in [0.29, 0.717) is 13.0 Å². The zero-order chi connectivity index (χ0) is 9.84. The van der Waals surface area contributed by atoms with Crippen molar-refractivity contribution in [2.24, 2.45) is 5.73 Å². The second-order valence-corrected chi connectivity index (χ2v) is 3.90. The monoisotopic (exact) mass is 243 g/mol. The Bertz CT molecular complexity index is 288. The highest BCUT2D eigenvalue weighted by Crippen LogP contribution is 2.25. The van der Waals surface area contributed by atoms with E-state index in [0.717, 1.165) is 15.6 Å². The molecule has 0 saturated heterocycles. The van der Waals surface area contributed by atoms with Gasteiger partial charge in [0.05, 0.1) is 6.10 Å². The topological polar surface area (TPSA) is 46.2 Å². The van der Waals surface area contributed by atoms with E-state index < -0.39 is 6.10 Å². The van der Waals surface area contributed by atoms with Gasteiger partial charge in [-0.15, -0.1) is 0 Å². The molecule has 1 atom stereocenters. The number of hydrogen-bond acceptors (Lipinski definition) is 2. The molecule has 0 bridgehead atoms. The lowest BCUT2D eigenvalue weighted by Crippen LogP contribution is -2.07. The van der Waals surface area contributed by atoms with Crippen molar-refractivity contribution in [1.82, 2.24) is 0 Å². The number of aliphatic hydroxyl groups is 1. The maximum Gasteiger partial charge on any atom is 0.0805 e. The zero-order valence-corrected chi connectivity index (χ0v) is 9.21. The molecule has 0 heterocycles. The molecule has 3 N–H and O–H groups in total. The Balaban J connectivity index is 2.93. The van der Waals surface area contributed by atoms with Crippen LogP contribution >= 0.6 is 15.9 Å². The smallest absolute Gasteiger partial charge is 0.0805 e. The third-order valence-corrected chi connectivity index (χ3v) is 2.97. The first-order valence-corrected chi connectivity index (χ1v) is 5.09. The van der Waals surface area contributed by atoms with Gasteiger partial charge >= 0.3 is 0 Å². The van der Waals surface area contributed by atoms with Crippen molar-refractivity contribution in [2.45, 2.75) is 19.4 Å². The minimum atomic E-state index is -0.442. The molecular formula is C10H14BrNO. The summed E-state index contributed by atoms with van der Waals surface area (Å²) in [7, 11) is 0. The highest BCUT2D eigenvalue weighted by molar-refractivity contribution is 9.10. The van der Waals surface area contributed by atoms with Gasteiger partial charge in [-0.3, -0.25) is 0 Å². The minimum absolute atomic E-state index is 0.442. The van der Waals surface area contributed by atoms with Gasteiger partial charge in [0, 0.05) is 4.47 Å². The molecule has 2 nitrogen and oxygen atoms in total. The molecule has 0 aliphatic rings. The quantitative estimate of drug-likeness (QED) is 0.855. The van der Waals surface area contributed by atoms with E-state index in [1.807, 2.05) is 25.1 Å². The summed E-state index contributed by atoms with van der Waals surface area (Å²) < 4.78 is 1.03. The second kappa shape index (κ2) is 4.74. The van der Waals surface area contributed by atoms with Gasteiger partial charge in [0.2, 0.25) is 0 Å². The summed E-state index contributed by atoms with van der Waals surface area (Å²) in [5.41, 5.74) is 7.43. The molecule has 72 valence electrons. The molecule has 0 aromatic heterocycles. The molecule has 0 radical (unpaired) electrons. The summed E-state index contributed by atoms with van der Waals surface area (Å²) in [6, 6.07) is 5.82. The fraction of sp³-hybridized carbons (Fsp3) is 0.400. The standard InChI is InChI=1S/C10H14BrNO/c1-7-8(10(13)5-6-12)3-2-4-9(7)11/h2-4,10,13H,5-6,12H2,1H3/t10-/m0/s1. The number of nitrogens with two attached hydrogens (primary N) is 1. The van der Waals surface area contributed by atoms with Crippen molar-refractivity contribution in [3.8, 4) is 0 Å². The van der Waals surface area contributed by atoms with Gasteiger partial charge in [-0.1, -0.05) is 28.1 Å². The fourth-order valence-electron chi connectivity index (χ4n) is 1.30. The van der Waals surface area contributed by atoms with Gasteiger partial charge < -0.3 is 10.8 Å². The molecule has 0 saturated carbocycles. The SMILES string of the molecule is Cc1c(Br)cccc1[C@@H](O)CCN. The molecule has 0 fully saturated rings. The predicted octanol–water partition coefficient (Wildman–Crippen LogP) is 2.14. The van der Waals surface area contributed by atoms with Crippen molar-refractivity contribution in [2.75, 3.05) is 6.54 Å². The van der Waals surface area contributed by atoms with Gasteiger partial charge in [-0.2, -0.15) is 0 Å². The normalized spacial score (nSPS) is 12.9. The lowest BCUT2D eigenvalue weighted by molar-refractivity contribution is 0.169. The molecule has 1 aromatic carbocycles. The third kappa shape index (κ3) is 2.53. The largest absolute Gasteiger partial charge is 0.388 e. The van der Waals surface area contributed by atoms with Crippen LogP contribution in [0, 0.1) is 6.92 Å². The third-order valence-electron chi connectivity index (χ3n) is 2.11. The van der Waals surface area contributed by atoms with Crippen LogP contribution in [0.5, 0.6) is 0 Å². The van der Waals surface area contributed by atoms with Gasteiger partial charge in [0.15, 0.2) is 0 Å². The van der Waals surface area contributed by atoms with Crippen LogP contribution in [-0.2, 0) is 0 Å². The molecule has 13 heavy (non-hydrogen) atoms. The van der Waals surface area contributed by atoms with Crippen molar-refractivity contribution >= 4 is 15.9 Å². The van der Waals surface area contributed by atoms with Crippen LogP contribution in [0.1, 0.15) is 23.7 Å². The first kappa shape index (κ1) is 10.7. The average molecular weight is 244 g/mol. The number of hydrogen-bond donors (Lipinski definition) is 2. The number of rotatable bonds is 3. The Morgan fingerprint density at radius 1 is 1.54 bits per heavy atom. The Morgan fingerprint density at radius 3 is 2.85 bits per heavy atom. The summed E-state index contributed by atoms with van der Waals surface area (Å²) >= 11 is 3.42. The van der Waals surface area contributed by atoms with Crippen LogP contribution in [-0.4, -0.2) is 11.7 Å². The molecule has 0 aliphatic heterocycles. The van der Waals surface area contributed by atoms with E-state index in [1.165, 1.54) is 0 Å². The van der Waals surface area contributed by atoms with Crippen molar-refractivity contribution in [3.63, 3.8) is 0 Å². The van der Waals surface area contributed by atoms with E-state index in [-0.39, 0.29) is 0 Å². The number of benzene rings is 1. The van der Waals surface area contributed by atoms with Gasteiger partial charge in [-0.25, -0.2) is 0 Å². The first-order chi connectivity index (χ1) is 6.16. The molecule has 0 unspecified atom stereocenters. The zero-order valence-electron chi connectivity index (χ0n) is 7.63. The average Bonchev–Trinajstić information content (AvgIpc) is 2.10. The number of halogens is 1. The molecule has 0 amide bonds. The van der Waals surface area contributed by atoms with Crippen molar-refractivity contribution < 1.29 is 5.11 Å². The highest BCUT2D eigenvalue weighted by atomic mass is 79.9. The van der Waals surface area contributed by atoms with Crippen molar-refractivity contribution in [1.29, 1.82) is 0 Å². The van der Waals surface area contributed by atoms with Crippen LogP contribution in [0.25, 0.3) is 0 Å². The minimum Gasteiger partial charge on any atom is -0.388 e. The maximum absolute atomic E-state index is 9.72. The van der Waals surface area contributed by atoms with E-state index >= 15 is 0 Å². The van der Waals surface area contributed by atoms with Crippen LogP contribution in [0.2, 0.25) is 0 Å². The predicted molar refractivity (Wildman–Crippen MR) is 57.5 cm³/mol. The lowest BCUT2D eigenvalue weighted by atomic mass is 10.0. The number of aliphatic hydroxyl groups excluding tert-OH is 1. The fourth-order valence-corrected chi connectivity index (χ4v) is 1.68. The first-order valence-electron chi connectivity index (χ1n) is 4.30. The second-order valence-electron chi connectivity index (χ2n) is 3.05. The molecule has 3 heteroatoms. The Hall–Kier alpha value is -0.380. The summed E-state index contributed by atoms with van der Waals surface area (Å²) in [5.74, 6) is 0. The van der Waals surface area contributed by atoms with E-state index in [1.54, 1.807) is 0 Å². The van der Waals surface area contributed by atoms with Crippen LogP contribution in [0.4, 0.5) is 0 Å². The Kier molecular flexibility index (Phi) is 3.90. The van der Waals surface area contributed by atoms with E-state index in [9.17, 15) is 5.11 Å². The van der Waals surface area contributed by atoms with Crippen LogP contribution in [0.15, 0.2) is 22.7 Å². The maximum atomic E-state index is 9.72. The molecule has 1 aromatic rings. The van der Waals surface area contributed by atoms with Gasteiger partial charge in [-0.05, 0) is 37.1 Å². The summed E-state index contributed by atoms with van der Waals surface area (Å²) in [6.07, 6.45) is 0.166. The Morgan fingerprint density at radius 2 is 2.23 bits per heavy atom. The molecule has 0 spiro atoms. The van der Waals surface area contributed by atoms with Crippen LogP contribution in [0.3, 0.4) is 0 Å². The summed E-state index contributed by atoms with van der Waals surface area (Å²) in [4.78, 5) is 0. The molecule has 1 rings (SSSR count). The van der Waals surface area contributed by atoms with E-state index in [4.69, 9.17) is 5.73 Å². The Labute approximate surface area is 86.9 Å². The molecular weight excluding hydrogens is 230 g/mol. The van der Waals surface area contributed by atoms with Crippen molar-refractivity contribution in [3.05, 3.63) is 33.8 Å². The van der Waals surface area contributed by atoms with Gasteiger partial charge in [0.25, 0.3) is 0 Å². The summed E-state index contributed by atoms with van der Waals surface area (Å²) in [5, 5.41) is 9.72. The highest BCUT2D eigenvalue weighted by Gasteiger charge is 2.10.